The lowest BCUT2D eigenvalue weighted by molar-refractivity contribution is -0.265. The first-order chi connectivity index (χ1) is 31.2. The van der Waals surface area contributed by atoms with Crippen LogP contribution in [0.25, 0.3) is 0 Å². The number of carbonyl (C=O) groups is 5. The third kappa shape index (κ3) is 16.1. The van der Waals surface area contributed by atoms with Gasteiger partial charge in [0.1, 0.15) is 30.1 Å². The molecule has 14 nitrogen and oxygen atoms in total. The predicted octanol–water partition coefficient (Wildman–Crippen LogP) is 6.96. The molecule has 374 valence electrons. The van der Waals surface area contributed by atoms with Crippen LogP contribution in [0.2, 0.25) is 0 Å². The minimum atomic E-state index is -2.43. The van der Waals surface area contributed by atoms with Gasteiger partial charge in [0.15, 0.2) is 5.78 Å². The van der Waals surface area contributed by atoms with Gasteiger partial charge in [-0.2, -0.15) is 0 Å². The number of amides is 1. The van der Waals surface area contributed by atoms with Gasteiger partial charge >= 0.3 is 5.97 Å². The van der Waals surface area contributed by atoms with E-state index in [1.807, 2.05) is 38.2 Å². The highest BCUT2D eigenvalue weighted by Crippen LogP contribution is 2.37. The van der Waals surface area contributed by atoms with Gasteiger partial charge in [-0.05, 0) is 114 Å². The molecule has 2 heterocycles. The summed E-state index contributed by atoms with van der Waals surface area (Å²) in [6.45, 7) is 14.6. The minimum absolute atomic E-state index is 0.0856. The van der Waals surface area contributed by atoms with E-state index >= 15 is 0 Å². The quantitative estimate of drug-likeness (QED) is 0.0368. The lowest BCUT2D eigenvalue weighted by Crippen LogP contribution is -2.61. The number of aliphatic hydroxyl groups excluding tert-OH is 2. The van der Waals surface area contributed by atoms with Gasteiger partial charge in [-0.15, -0.1) is 0 Å². The van der Waals surface area contributed by atoms with Crippen molar-refractivity contribution in [1.82, 2.24) is 4.90 Å². The van der Waals surface area contributed by atoms with E-state index in [0.717, 1.165) is 24.8 Å². The van der Waals surface area contributed by atoms with E-state index in [1.165, 1.54) is 18.9 Å². The van der Waals surface area contributed by atoms with Crippen LogP contribution in [0.3, 0.4) is 0 Å². The zero-order chi connectivity index (χ0) is 49.3. The van der Waals surface area contributed by atoms with E-state index in [2.05, 4.69) is 19.9 Å². The molecule has 0 radical (unpaired) electrons. The monoisotopic (exact) mass is 930 g/mol. The summed E-state index contributed by atoms with van der Waals surface area (Å²) < 4.78 is 28.9. The molecular formula is C52H83NO13. The van der Waals surface area contributed by atoms with Gasteiger partial charge < -0.3 is 43.9 Å². The molecule has 3 rings (SSSR count). The summed E-state index contributed by atoms with van der Waals surface area (Å²) in [6, 6.07) is -1.14. The van der Waals surface area contributed by atoms with E-state index in [-0.39, 0.29) is 55.0 Å². The molecule has 14 atom stereocenters. The Morgan fingerprint density at radius 1 is 0.894 bits per heavy atom. The average molecular weight is 930 g/mol. The van der Waals surface area contributed by atoms with Crippen LogP contribution in [-0.2, 0) is 47.7 Å². The molecule has 0 bridgehead atoms. The third-order valence-corrected chi connectivity index (χ3v) is 14.1. The smallest absolute Gasteiger partial charge is 0.329 e. The first-order valence-corrected chi connectivity index (χ1v) is 24.4. The fourth-order valence-electron chi connectivity index (χ4n) is 9.75. The van der Waals surface area contributed by atoms with Crippen molar-refractivity contribution in [2.45, 2.75) is 193 Å². The van der Waals surface area contributed by atoms with Gasteiger partial charge in [0, 0.05) is 52.6 Å². The van der Waals surface area contributed by atoms with Crippen LogP contribution in [0.1, 0.15) is 139 Å². The Kier molecular flexibility index (Phi) is 23.8. The number of allylic oxidation sites excluding steroid dienone is 6. The third-order valence-electron chi connectivity index (χ3n) is 14.1. The van der Waals surface area contributed by atoms with Crippen LogP contribution < -0.4 is 0 Å². The number of ketones is 3. The van der Waals surface area contributed by atoms with Gasteiger partial charge in [0.05, 0.1) is 24.4 Å². The van der Waals surface area contributed by atoms with Crippen LogP contribution in [0.5, 0.6) is 0 Å². The van der Waals surface area contributed by atoms with Crippen molar-refractivity contribution < 1.29 is 63.0 Å². The topological polar surface area (TPSA) is 195 Å². The number of hydrogen-bond acceptors (Lipinski definition) is 13. The second kappa shape index (κ2) is 27.6. The number of esters is 1. The number of likely N-dealkylation sites (tertiary alicyclic amines) is 1. The summed E-state index contributed by atoms with van der Waals surface area (Å²) in [6.07, 6.45) is 13.6. The molecular weight excluding hydrogens is 847 g/mol. The molecule has 3 fully saturated rings. The van der Waals surface area contributed by atoms with Crippen molar-refractivity contribution in [3.63, 3.8) is 0 Å². The molecule has 66 heavy (non-hydrogen) atoms. The number of nitrogens with zero attached hydrogens (tertiary/aromatic N) is 1. The molecule has 2 aliphatic heterocycles. The Morgan fingerprint density at radius 2 is 1.61 bits per heavy atom. The van der Waals surface area contributed by atoms with Crippen LogP contribution in [0, 0.1) is 29.6 Å². The molecule has 14 heteroatoms. The van der Waals surface area contributed by atoms with E-state index in [4.69, 9.17) is 23.7 Å². The van der Waals surface area contributed by atoms with Gasteiger partial charge in [-0.3, -0.25) is 19.2 Å². The summed E-state index contributed by atoms with van der Waals surface area (Å²) in [7, 11) is 4.48. The maximum absolute atomic E-state index is 14.3. The van der Waals surface area contributed by atoms with Crippen molar-refractivity contribution in [2.24, 2.45) is 29.6 Å². The van der Waals surface area contributed by atoms with Crippen LogP contribution >= 0.6 is 0 Å². The number of rotatable bonds is 25. The van der Waals surface area contributed by atoms with Crippen molar-refractivity contribution in [3.05, 3.63) is 47.6 Å². The Labute approximate surface area is 394 Å². The highest BCUT2D eigenvalue weighted by molar-refractivity contribution is 6.39. The molecule has 3 aliphatic rings. The van der Waals surface area contributed by atoms with Gasteiger partial charge in [0.2, 0.25) is 5.79 Å². The van der Waals surface area contributed by atoms with E-state index in [9.17, 15) is 39.3 Å². The van der Waals surface area contributed by atoms with Crippen LogP contribution in [-0.4, -0.2) is 132 Å². The average Bonchev–Trinajstić information content (AvgIpc) is 3.28. The number of aliphatic hydroxyl groups is 3. The molecule has 0 spiro atoms. The maximum Gasteiger partial charge on any atom is 0.329 e. The van der Waals surface area contributed by atoms with Crippen molar-refractivity contribution in [3.8, 4) is 0 Å². The van der Waals surface area contributed by atoms with E-state index in [0.29, 0.717) is 62.9 Å². The molecule has 1 aliphatic carbocycles. The number of hydrogen-bond donors (Lipinski definition) is 3. The largest absolute Gasteiger partial charge is 0.460 e. The summed E-state index contributed by atoms with van der Waals surface area (Å²) in [5, 5.41) is 33.2. The number of ether oxygens (including phenoxy) is 5. The van der Waals surface area contributed by atoms with Crippen LogP contribution in [0.15, 0.2) is 47.6 Å². The highest BCUT2D eigenvalue weighted by Gasteiger charge is 2.53. The number of methoxy groups -OCH3 is 3. The first-order valence-electron chi connectivity index (χ1n) is 24.4. The zero-order valence-corrected chi connectivity index (χ0v) is 41.7. The second-order valence-corrected chi connectivity index (χ2v) is 19.5. The molecule has 0 aromatic rings. The second-order valence-electron chi connectivity index (χ2n) is 19.5. The molecule has 6 unspecified atom stereocenters. The summed E-state index contributed by atoms with van der Waals surface area (Å²) in [5.74, 6) is -7.14. The number of piperidine rings is 1. The Bertz CT molecular complexity index is 1720. The van der Waals surface area contributed by atoms with Crippen molar-refractivity contribution >= 4 is 29.2 Å². The molecule has 1 saturated carbocycles. The minimum Gasteiger partial charge on any atom is -0.460 e. The molecule has 0 aromatic heterocycles. The highest BCUT2D eigenvalue weighted by atomic mass is 16.6. The summed E-state index contributed by atoms with van der Waals surface area (Å²) in [5.41, 5.74) is 1.31. The normalized spacial score (nSPS) is 28.9. The van der Waals surface area contributed by atoms with Gasteiger partial charge in [-0.1, -0.05) is 77.5 Å². The standard InChI is InChI=1S/C52H83NO13/c1-12-18-32(2)19-14-13-15-20-33(3)44(62-9)30-40-24-22-37(7)52(61,66-40)49(58)50(59)53-26-17-16-21-41(53)51(60)65-45(35(5)28-39-23-25-42(55)46(29-39)63-10)31-43(56)34(4)27-36(6)47(57)48(64-11)38(8)54/h13-15,19-20,27,32,34-35,37,39-42,44-48,55,57,61H,12,16-18,21-26,28-31H2,1-11H3/b15-13+,19-14+,33-20+,36-27+/t32-,34?,35+,37?,39-,40-,41?,42?,44-,45-,46+,47?,48-,52?/m0/s1. The molecule has 0 aromatic carbocycles. The lowest BCUT2D eigenvalue weighted by atomic mass is 9.78. The zero-order valence-electron chi connectivity index (χ0n) is 41.7. The van der Waals surface area contributed by atoms with Gasteiger partial charge in [0.25, 0.3) is 11.7 Å². The summed E-state index contributed by atoms with van der Waals surface area (Å²) >= 11 is 0. The lowest BCUT2D eigenvalue weighted by Gasteiger charge is -2.42. The predicted molar refractivity (Wildman–Crippen MR) is 252 cm³/mol. The summed E-state index contributed by atoms with van der Waals surface area (Å²) in [4.78, 5) is 69.9. The number of Topliss-reactive ketones (excluding diaryl/α,β-unsaturated/α-hetero) is 3. The van der Waals surface area contributed by atoms with E-state index in [1.54, 1.807) is 41.1 Å². The molecule has 1 amide bonds. The van der Waals surface area contributed by atoms with Crippen LogP contribution in [0.4, 0.5) is 0 Å². The Balaban J connectivity index is 1.82. The molecule has 3 N–H and O–H groups in total. The van der Waals surface area contributed by atoms with E-state index < -0.39 is 71.8 Å². The van der Waals surface area contributed by atoms with Crippen molar-refractivity contribution in [2.75, 3.05) is 27.9 Å². The van der Waals surface area contributed by atoms with Gasteiger partial charge in [-0.25, -0.2) is 4.79 Å². The fourth-order valence-corrected chi connectivity index (χ4v) is 9.75. The Morgan fingerprint density at radius 3 is 2.24 bits per heavy atom. The SMILES string of the molecule is CCC[C@H](C)/C=C/C=C/C=C(\C)[C@H](C[C@@H]1CCC(C)C(O)(C(=O)C(=O)N2CCCCC2C(=O)O[C@@H](CC(=O)C(C)/C=C(\C)C(O)[C@@H](OC)C(C)=O)[C@H](C)C[C@@H]2CCC(O)[C@H](OC)C2)O1)OC. The maximum atomic E-state index is 14.3. The van der Waals surface area contributed by atoms with Crippen molar-refractivity contribution in [1.29, 1.82) is 0 Å². The number of carbonyl (C=O) groups excluding carboxylic acids is 5. The molecule has 2 saturated heterocycles. The Hall–Kier alpha value is -3.37. The first kappa shape index (κ1) is 57.0. The fraction of sp³-hybridized carbons (Fsp3) is 0.750.